The Bertz CT molecular complexity index is 1510. The monoisotopic (exact) mass is 467 g/mol. The third-order valence-corrected chi connectivity index (χ3v) is 5.82. The topological polar surface area (TPSA) is 112 Å². The maximum Gasteiger partial charge on any atom is 0.284 e. The van der Waals surface area contributed by atoms with Gasteiger partial charge in [0, 0.05) is 25.1 Å². The minimum Gasteiger partial charge on any atom is -0.368 e. The van der Waals surface area contributed by atoms with Crippen molar-refractivity contribution < 1.29 is 0 Å². The number of rotatable bonds is 3. The summed E-state index contributed by atoms with van der Waals surface area (Å²) in [5.41, 5.74) is 6.74. The van der Waals surface area contributed by atoms with Crippen LogP contribution in [0.15, 0.2) is 59.8 Å². The van der Waals surface area contributed by atoms with Gasteiger partial charge in [-0.15, -0.1) is 0 Å². The zero-order chi connectivity index (χ0) is 21.1. The molecule has 4 aromatic heterocycles. The van der Waals surface area contributed by atoms with E-state index in [1.807, 2.05) is 35.2 Å². The number of nitrogens with two attached hydrogens (primary N) is 1. The van der Waals surface area contributed by atoms with Gasteiger partial charge in [-0.05, 0) is 24.6 Å². The number of anilines is 2. The molecule has 2 N–H and O–H groups in total. The second kappa shape index (κ2) is 7.53. The lowest BCUT2D eigenvalue weighted by atomic mass is 10.0. The highest BCUT2D eigenvalue weighted by molar-refractivity contribution is 7.59. The summed E-state index contributed by atoms with van der Waals surface area (Å²) in [5.74, 6) is 1.80. The van der Waals surface area contributed by atoms with Gasteiger partial charge in [-0.3, -0.25) is 13.8 Å². The molecule has 1 saturated heterocycles. The van der Waals surface area contributed by atoms with E-state index in [1.54, 1.807) is 33.6 Å². The van der Waals surface area contributed by atoms with Crippen LogP contribution in [0.1, 0.15) is 18.3 Å². The highest BCUT2D eigenvalue weighted by Gasteiger charge is 2.37. The fraction of sp³-hybridized carbons (Fsp3) is 0.150. The van der Waals surface area contributed by atoms with Gasteiger partial charge < -0.3 is 10.6 Å². The molecule has 0 saturated carbocycles. The third-order valence-electron chi connectivity index (χ3n) is 5.52. The molecule has 0 amide bonds. The Morgan fingerprint density at radius 2 is 1.91 bits per heavy atom. The van der Waals surface area contributed by atoms with Gasteiger partial charge >= 0.3 is 0 Å². The zero-order valence-corrected chi connectivity index (χ0v) is 18.4. The van der Waals surface area contributed by atoms with E-state index in [9.17, 15) is 4.79 Å². The van der Waals surface area contributed by atoms with E-state index >= 15 is 0 Å². The number of nitrogens with zero attached hydrogens (tertiary/aromatic N) is 8. The van der Waals surface area contributed by atoms with E-state index in [0.29, 0.717) is 28.1 Å². The van der Waals surface area contributed by atoms with E-state index in [4.69, 9.17) is 22.4 Å². The molecule has 162 valence electrons. The van der Waals surface area contributed by atoms with Crippen LogP contribution in [0.3, 0.4) is 0 Å². The first-order valence-corrected chi connectivity index (χ1v) is 10.1. The summed E-state index contributed by atoms with van der Waals surface area (Å²) in [4.78, 5) is 28.3. The van der Waals surface area contributed by atoms with E-state index in [-0.39, 0.29) is 31.0 Å². The van der Waals surface area contributed by atoms with Crippen molar-refractivity contribution in [1.82, 2.24) is 33.5 Å². The van der Waals surface area contributed by atoms with Crippen molar-refractivity contribution >= 4 is 48.3 Å². The molecule has 0 bridgehead atoms. The standard InChI is InChI=1S/C20H16ClN9O.H2S/c21-13-6-10-29-15(13)17(31)30(12-4-2-1-3-5-12)16(26-29)14-7-9-27(14)20-25-18(22)24-19-23-8-11-28(19)20;/h1-6,8,10-11,14H,7,9H2,(H2,22,23,24);1H2/t14-;/m0./s1. The predicted octanol–water partition coefficient (Wildman–Crippen LogP) is 2.22. The number of imidazole rings is 1. The van der Waals surface area contributed by atoms with Crippen molar-refractivity contribution in [2.75, 3.05) is 17.2 Å². The molecule has 12 heteroatoms. The normalized spacial score (nSPS) is 15.7. The molecular weight excluding hydrogens is 450 g/mol. The summed E-state index contributed by atoms with van der Waals surface area (Å²) in [6, 6.07) is 10.9. The zero-order valence-electron chi connectivity index (χ0n) is 16.6. The predicted molar refractivity (Wildman–Crippen MR) is 126 cm³/mol. The van der Waals surface area contributed by atoms with Gasteiger partial charge in [0.05, 0.1) is 16.8 Å². The molecular formula is C20H18ClN9OS. The molecule has 1 atom stereocenters. The molecule has 5 aromatic rings. The van der Waals surface area contributed by atoms with Crippen molar-refractivity contribution in [2.24, 2.45) is 0 Å². The molecule has 32 heavy (non-hydrogen) atoms. The number of hydrogen-bond acceptors (Lipinski definition) is 7. The van der Waals surface area contributed by atoms with Gasteiger partial charge in [-0.25, -0.2) is 9.50 Å². The summed E-state index contributed by atoms with van der Waals surface area (Å²) in [5, 5.41) is 5.14. The summed E-state index contributed by atoms with van der Waals surface area (Å²) >= 11 is 6.29. The van der Waals surface area contributed by atoms with Gasteiger partial charge in [0.2, 0.25) is 17.7 Å². The van der Waals surface area contributed by atoms with Crippen LogP contribution in [0.25, 0.3) is 17.0 Å². The van der Waals surface area contributed by atoms with E-state index in [0.717, 1.165) is 18.7 Å². The molecule has 0 aliphatic carbocycles. The lowest BCUT2D eigenvalue weighted by Gasteiger charge is -2.41. The van der Waals surface area contributed by atoms with Crippen LogP contribution in [0.4, 0.5) is 11.9 Å². The molecule has 10 nitrogen and oxygen atoms in total. The summed E-state index contributed by atoms with van der Waals surface area (Å²) in [6.07, 6.45) is 5.91. The van der Waals surface area contributed by atoms with Crippen molar-refractivity contribution in [3.63, 3.8) is 0 Å². The van der Waals surface area contributed by atoms with Crippen LogP contribution in [0.5, 0.6) is 0 Å². The minimum atomic E-state index is -0.229. The number of fused-ring (bicyclic) bond motifs is 2. The number of benzene rings is 1. The maximum atomic E-state index is 13.5. The Morgan fingerprint density at radius 3 is 2.66 bits per heavy atom. The molecule has 1 aliphatic rings. The van der Waals surface area contributed by atoms with Crippen LogP contribution in [-0.4, -0.2) is 40.1 Å². The van der Waals surface area contributed by atoms with Crippen molar-refractivity contribution in [1.29, 1.82) is 0 Å². The smallest absolute Gasteiger partial charge is 0.284 e. The number of hydrogen-bond donors (Lipinski definition) is 1. The molecule has 5 heterocycles. The Hall–Kier alpha value is -3.57. The highest BCUT2D eigenvalue weighted by atomic mass is 35.5. The van der Waals surface area contributed by atoms with Gasteiger partial charge in [0.25, 0.3) is 5.56 Å². The Morgan fingerprint density at radius 1 is 1.09 bits per heavy atom. The average molecular weight is 468 g/mol. The number of para-hydroxylation sites is 1. The first-order valence-electron chi connectivity index (χ1n) is 9.70. The number of nitrogen functional groups attached to an aromatic ring is 1. The first-order chi connectivity index (χ1) is 15.1. The Kier molecular flexibility index (Phi) is 4.79. The van der Waals surface area contributed by atoms with Crippen molar-refractivity contribution in [2.45, 2.75) is 12.5 Å². The molecule has 1 fully saturated rings. The quantitative estimate of drug-likeness (QED) is 0.433. The van der Waals surface area contributed by atoms with Crippen LogP contribution in [0.2, 0.25) is 5.02 Å². The SMILES string of the molecule is Nc1nc(N2CC[C@H]2c2nn3ccc(Cl)c3c(=O)n2-c2ccccc2)n2ccnc2n1.S. The molecule has 0 radical (unpaired) electrons. The minimum absolute atomic E-state index is 0. The number of aromatic nitrogens is 7. The molecule has 1 aromatic carbocycles. The largest absolute Gasteiger partial charge is 0.368 e. The second-order valence-corrected chi connectivity index (χ2v) is 7.68. The molecule has 0 spiro atoms. The first kappa shape index (κ1) is 20.3. The Labute approximate surface area is 193 Å². The van der Waals surface area contributed by atoms with Crippen molar-refractivity contribution in [3.8, 4) is 5.69 Å². The summed E-state index contributed by atoms with van der Waals surface area (Å²) < 4.78 is 4.93. The Balaban J connectivity index is 0.00000216. The lowest BCUT2D eigenvalue weighted by Crippen LogP contribution is -2.46. The second-order valence-electron chi connectivity index (χ2n) is 7.27. The molecule has 0 unspecified atom stereocenters. The van der Waals surface area contributed by atoms with Crippen LogP contribution < -0.4 is 16.2 Å². The van der Waals surface area contributed by atoms with Gasteiger partial charge in [0.15, 0.2) is 5.82 Å². The summed E-state index contributed by atoms with van der Waals surface area (Å²) in [6.45, 7) is 0.726. The van der Waals surface area contributed by atoms with E-state index < -0.39 is 0 Å². The lowest BCUT2D eigenvalue weighted by molar-refractivity contribution is 0.417. The van der Waals surface area contributed by atoms with Crippen LogP contribution in [-0.2, 0) is 0 Å². The number of halogens is 1. The van der Waals surface area contributed by atoms with Gasteiger partial charge in [-0.1, -0.05) is 29.8 Å². The van der Waals surface area contributed by atoms with Gasteiger partial charge in [-0.2, -0.15) is 28.6 Å². The molecule has 6 rings (SSSR count). The fourth-order valence-electron chi connectivity index (χ4n) is 4.01. The van der Waals surface area contributed by atoms with E-state index in [2.05, 4.69) is 15.0 Å². The fourth-order valence-corrected chi connectivity index (χ4v) is 4.23. The highest BCUT2D eigenvalue weighted by Crippen LogP contribution is 2.36. The van der Waals surface area contributed by atoms with Crippen LogP contribution in [0, 0.1) is 0 Å². The third kappa shape index (κ3) is 2.93. The molecule has 1 aliphatic heterocycles. The average Bonchev–Trinajstić information content (AvgIpc) is 3.35. The van der Waals surface area contributed by atoms with Crippen molar-refractivity contribution in [3.05, 3.63) is 76.2 Å². The van der Waals surface area contributed by atoms with Crippen LogP contribution >= 0.6 is 25.1 Å². The van der Waals surface area contributed by atoms with Gasteiger partial charge in [0.1, 0.15) is 5.52 Å². The summed E-state index contributed by atoms with van der Waals surface area (Å²) in [7, 11) is 0. The van der Waals surface area contributed by atoms with E-state index in [1.165, 1.54) is 4.52 Å². The maximum absolute atomic E-state index is 13.5.